The van der Waals surface area contributed by atoms with Crippen molar-refractivity contribution in [3.05, 3.63) is 66.5 Å². The number of aromatic hydroxyl groups is 1. The molecule has 2 aromatic carbocycles. The average molecular weight is 455 g/mol. The largest absolute Gasteiger partial charge is 0.506 e. The van der Waals surface area contributed by atoms with E-state index in [1.54, 1.807) is 29.8 Å². The van der Waals surface area contributed by atoms with Crippen LogP contribution < -0.4 is 10.0 Å². The van der Waals surface area contributed by atoms with Crippen LogP contribution in [0.2, 0.25) is 0 Å². The molecule has 3 rings (SSSR count). The maximum Gasteiger partial charge on any atom is 0.247 e. The minimum Gasteiger partial charge on any atom is -0.506 e. The molecule has 0 saturated carbocycles. The standard InChI is InChI=1S/C21H22N6O4S/c1-5-20(29)23-15-7-6-8-16(11-15)27-14(3)21(13(2)26-27)25-24-18-10-9-17(12-19(18)28)32(30,31)22-4/h5-12,22,28H,1H2,2-4H3,(H,23,29). The van der Waals surface area contributed by atoms with E-state index in [0.717, 1.165) is 6.07 Å². The molecule has 3 N–H and O–H groups in total. The molecule has 0 atom stereocenters. The van der Waals surface area contributed by atoms with E-state index in [2.05, 4.69) is 31.9 Å². The fourth-order valence-electron chi connectivity index (χ4n) is 2.92. The normalized spacial score (nSPS) is 11.6. The number of rotatable bonds is 7. The Bertz CT molecular complexity index is 1330. The zero-order chi connectivity index (χ0) is 23.5. The molecule has 0 radical (unpaired) electrons. The number of aromatic nitrogens is 2. The Morgan fingerprint density at radius 1 is 1.19 bits per heavy atom. The van der Waals surface area contributed by atoms with Gasteiger partial charge in [0.25, 0.3) is 0 Å². The predicted molar refractivity (Wildman–Crippen MR) is 120 cm³/mol. The molecule has 1 amide bonds. The Balaban J connectivity index is 1.92. The number of aryl methyl sites for hydroxylation is 1. The third kappa shape index (κ3) is 4.74. The number of amides is 1. The van der Waals surface area contributed by atoms with Crippen molar-refractivity contribution < 1.29 is 18.3 Å². The summed E-state index contributed by atoms with van der Waals surface area (Å²) in [6, 6.07) is 10.9. The lowest BCUT2D eigenvalue weighted by molar-refractivity contribution is -0.111. The number of carbonyl (C=O) groups excluding carboxylic acids is 1. The lowest BCUT2D eigenvalue weighted by Crippen LogP contribution is -2.18. The van der Waals surface area contributed by atoms with Crippen molar-refractivity contribution in [1.29, 1.82) is 0 Å². The molecule has 10 nitrogen and oxygen atoms in total. The van der Waals surface area contributed by atoms with E-state index >= 15 is 0 Å². The molecule has 32 heavy (non-hydrogen) atoms. The molecule has 0 fully saturated rings. The van der Waals surface area contributed by atoms with Crippen molar-refractivity contribution in [1.82, 2.24) is 14.5 Å². The minimum atomic E-state index is -3.69. The Kier molecular flexibility index (Phi) is 6.51. The van der Waals surface area contributed by atoms with Crippen LogP contribution in [-0.4, -0.2) is 36.3 Å². The van der Waals surface area contributed by atoms with Gasteiger partial charge in [0.05, 0.1) is 22.0 Å². The highest BCUT2D eigenvalue weighted by Crippen LogP contribution is 2.33. The molecule has 166 valence electrons. The van der Waals surface area contributed by atoms with E-state index in [4.69, 9.17) is 0 Å². The van der Waals surface area contributed by atoms with Gasteiger partial charge in [-0.05, 0) is 57.3 Å². The van der Waals surface area contributed by atoms with Gasteiger partial charge in [-0.3, -0.25) is 4.79 Å². The Morgan fingerprint density at radius 2 is 1.94 bits per heavy atom. The van der Waals surface area contributed by atoms with Crippen LogP contribution in [0.5, 0.6) is 5.75 Å². The summed E-state index contributed by atoms with van der Waals surface area (Å²) in [6.45, 7) is 7.01. The Hall–Kier alpha value is -3.83. The van der Waals surface area contributed by atoms with Gasteiger partial charge in [-0.2, -0.15) is 5.10 Å². The second-order valence-corrected chi connectivity index (χ2v) is 8.62. The van der Waals surface area contributed by atoms with Crippen LogP contribution in [0.4, 0.5) is 17.1 Å². The molecule has 11 heteroatoms. The fraction of sp³-hybridized carbons (Fsp3) is 0.143. The molecule has 0 aliphatic carbocycles. The van der Waals surface area contributed by atoms with Crippen LogP contribution in [0, 0.1) is 13.8 Å². The number of hydrogen-bond acceptors (Lipinski definition) is 7. The van der Waals surface area contributed by atoms with E-state index in [0.29, 0.717) is 28.5 Å². The molecular weight excluding hydrogens is 432 g/mol. The molecule has 0 aliphatic rings. The van der Waals surface area contributed by atoms with Crippen LogP contribution >= 0.6 is 0 Å². The summed E-state index contributed by atoms with van der Waals surface area (Å²) < 4.78 is 27.6. The number of benzene rings is 2. The first-order chi connectivity index (χ1) is 15.2. The van der Waals surface area contributed by atoms with Gasteiger partial charge in [-0.15, -0.1) is 10.2 Å². The van der Waals surface area contributed by atoms with Crippen molar-refractivity contribution in [2.24, 2.45) is 10.2 Å². The number of carbonyl (C=O) groups is 1. The second-order valence-electron chi connectivity index (χ2n) is 6.73. The fourth-order valence-corrected chi connectivity index (χ4v) is 3.67. The maximum absolute atomic E-state index is 11.9. The number of phenols is 1. The number of phenolic OH excluding ortho intramolecular Hbond substituents is 1. The second kappa shape index (κ2) is 9.12. The summed E-state index contributed by atoms with van der Waals surface area (Å²) in [7, 11) is -2.40. The molecule has 3 aromatic rings. The van der Waals surface area contributed by atoms with Crippen LogP contribution in [0.15, 0.2) is 70.2 Å². The van der Waals surface area contributed by atoms with E-state index < -0.39 is 10.0 Å². The highest BCUT2D eigenvalue weighted by atomic mass is 32.2. The SMILES string of the molecule is C=CC(=O)Nc1cccc(-n2nc(C)c(N=Nc3ccc(S(=O)(=O)NC)cc3O)c2C)c1. The summed E-state index contributed by atoms with van der Waals surface area (Å²) in [5, 5.41) is 25.6. The number of nitrogens with one attached hydrogen (secondary N) is 2. The predicted octanol–water partition coefficient (Wildman–Crippen LogP) is 3.64. The van der Waals surface area contributed by atoms with Crippen molar-refractivity contribution >= 4 is 33.0 Å². The summed E-state index contributed by atoms with van der Waals surface area (Å²) in [6.07, 6.45) is 1.19. The number of nitrogens with zero attached hydrogens (tertiary/aromatic N) is 4. The van der Waals surface area contributed by atoms with E-state index in [1.807, 2.05) is 13.0 Å². The molecule has 0 saturated heterocycles. The van der Waals surface area contributed by atoms with Crippen molar-refractivity contribution in [3.8, 4) is 11.4 Å². The molecule has 0 aliphatic heterocycles. The summed E-state index contributed by atoms with van der Waals surface area (Å²) >= 11 is 0. The maximum atomic E-state index is 11.9. The quantitative estimate of drug-likeness (QED) is 0.370. The molecule has 0 unspecified atom stereocenters. The third-order valence-corrected chi connectivity index (χ3v) is 5.99. The molecule has 0 spiro atoms. The summed E-state index contributed by atoms with van der Waals surface area (Å²) in [5.41, 5.74) is 3.19. The van der Waals surface area contributed by atoms with Gasteiger partial charge >= 0.3 is 0 Å². The lowest BCUT2D eigenvalue weighted by Gasteiger charge is -2.07. The zero-order valence-corrected chi connectivity index (χ0v) is 18.5. The molecule has 0 bridgehead atoms. The van der Waals surface area contributed by atoms with E-state index in [1.165, 1.54) is 25.3 Å². The third-order valence-electron chi connectivity index (χ3n) is 4.58. The van der Waals surface area contributed by atoms with Crippen molar-refractivity contribution in [3.63, 3.8) is 0 Å². The first-order valence-electron chi connectivity index (χ1n) is 9.44. The van der Waals surface area contributed by atoms with Gasteiger partial charge in [0.15, 0.2) is 0 Å². The zero-order valence-electron chi connectivity index (χ0n) is 17.7. The first-order valence-corrected chi connectivity index (χ1v) is 10.9. The highest BCUT2D eigenvalue weighted by molar-refractivity contribution is 7.89. The smallest absolute Gasteiger partial charge is 0.247 e. The number of azo groups is 1. The topological polar surface area (TPSA) is 138 Å². The van der Waals surface area contributed by atoms with Crippen LogP contribution in [0.25, 0.3) is 5.69 Å². The summed E-state index contributed by atoms with van der Waals surface area (Å²) in [4.78, 5) is 11.5. The minimum absolute atomic E-state index is 0.0833. The molecule has 1 heterocycles. The summed E-state index contributed by atoms with van der Waals surface area (Å²) in [5.74, 6) is -0.642. The molecule has 1 aromatic heterocycles. The average Bonchev–Trinajstić information content (AvgIpc) is 3.06. The monoisotopic (exact) mass is 454 g/mol. The number of hydrogen-bond donors (Lipinski definition) is 3. The Morgan fingerprint density at radius 3 is 2.59 bits per heavy atom. The van der Waals surface area contributed by atoms with E-state index in [-0.39, 0.29) is 22.2 Å². The van der Waals surface area contributed by atoms with Gasteiger partial charge in [0.2, 0.25) is 15.9 Å². The van der Waals surface area contributed by atoms with Gasteiger partial charge < -0.3 is 10.4 Å². The van der Waals surface area contributed by atoms with E-state index in [9.17, 15) is 18.3 Å². The first kappa shape index (κ1) is 22.8. The van der Waals surface area contributed by atoms with Crippen LogP contribution in [0.1, 0.15) is 11.4 Å². The highest BCUT2D eigenvalue weighted by Gasteiger charge is 2.15. The van der Waals surface area contributed by atoms with Crippen molar-refractivity contribution in [2.75, 3.05) is 12.4 Å². The van der Waals surface area contributed by atoms with Gasteiger partial charge in [0.1, 0.15) is 17.1 Å². The van der Waals surface area contributed by atoms with Gasteiger partial charge in [-0.25, -0.2) is 17.8 Å². The van der Waals surface area contributed by atoms with Gasteiger partial charge in [-0.1, -0.05) is 12.6 Å². The Labute approximate surface area is 185 Å². The van der Waals surface area contributed by atoms with Crippen LogP contribution in [0.3, 0.4) is 0 Å². The van der Waals surface area contributed by atoms with Crippen LogP contribution in [-0.2, 0) is 14.8 Å². The lowest BCUT2D eigenvalue weighted by atomic mass is 10.2. The number of anilines is 1. The van der Waals surface area contributed by atoms with Gasteiger partial charge in [0, 0.05) is 11.8 Å². The van der Waals surface area contributed by atoms with Crippen molar-refractivity contribution in [2.45, 2.75) is 18.7 Å². The number of sulfonamides is 1. The molecular formula is C21H22N6O4S.